The van der Waals surface area contributed by atoms with Crippen LogP contribution in [0.2, 0.25) is 0 Å². The lowest BCUT2D eigenvalue weighted by Crippen LogP contribution is -2.23. The molecule has 0 bridgehead atoms. The fourth-order valence-corrected chi connectivity index (χ4v) is 2.16. The number of alkyl halides is 3. The normalized spacial score (nSPS) is 10.5. The van der Waals surface area contributed by atoms with Gasteiger partial charge in [-0.05, 0) is 50.2 Å². The molecule has 0 heterocycles. The molecule has 0 amide bonds. The third-order valence-electron chi connectivity index (χ3n) is 3.55. The molecule has 0 aromatic heterocycles. The number of hydrogen-bond donors (Lipinski definition) is 0. The zero-order valence-electron chi connectivity index (χ0n) is 15.9. The lowest BCUT2D eigenvalue weighted by atomic mass is 10.1. The zero-order chi connectivity index (χ0) is 21.4. The second kappa shape index (κ2) is 9.69. The largest absolute Gasteiger partial charge is 0.494 e. The van der Waals surface area contributed by atoms with E-state index in [0.717, 1.165) is 5.75 Å². The SMILES string of the molecule is C=C(C(=O)Oc1cc(C#Cc2ccc(OCC)cc2)ccc1OCC)C(F)(F)F. The molecule has 152 valence electrons. The summed E-state index contributed by atoms with van der Waals surface area (Å²) in [5.74, 6) is 4.88. The number of carbonyl (C=O) groups is 1. The number of halogens is 3. The molecular formula is C22H19F3O4. The Morgan fingerprint density at radius 3 is 2.10 bits per heavy atom. The van der Waals surface area contributed by atoms with E-state index >= 15 is 0 Å². The molecule has 0 aliphatic carbocycles. The maximum absolute atomic E-state index is 12.7. The molecular weight excluding hydrogens is 385 g/mol. The highest BCUT2D eigenvalue weighted by Gasteiger charge is 2.38. The van der Waals surface area contributed by atoms with Gasteiger partial charge >= 0.3 is 12.1 Å². The van der Waals surface area contributed by atoms with Gasteiger partial charge in [-0.1, -0.05) is 18.4 Å². The molecule has 0 radical (unpaired) electrons. The number of carbonyl (C=O) groups excluding carboxylic acids is 1. The average molecular weight is 404 g/mol. The first kappa shape index (κ1) is 21.9. The van der Waals surface area contributed by atoms with Crippen molar-refractivity contribution < 1.29 is 32.2 Å². The van der Waals surface area contributed by atoms with Gasteiger partial charge in [-0.3, -0.25) is 0 Å². The lowest BCUT2D eigenvalue weighted by molar-refractivity contribution is -0.142. The number of rotatable bonds is 6. The van der Waals surface area contributed by atoms with Gasteiger partial charge in [0.2, 0.25) is 0 Å². The monoisotopic (exact) mass is 404 g/mol. The van der Waals surface area contributed by atoms with Gasteiger partial charge in [0.15, 0.2) is 11.5 Å². The molecule has 0 aliphatic rings. The van der Waals surface area contributed by atoms with Gasteiger partial charge in [0.25, 0.3) is 0 Å². The van der Waals surface area contributed by atoms with Crippen LogP contribution >= 0.6 is 0 Å². The summed E-state index contributed by atoms with van der Waals surface area (Å²) in [5, 5.41) is 0. The molecule has 0 aliphatic heterocycles. The highest BCUT2D eigenvalue weighted by atomic mass is 19.4. The summed E-state index contributed by atoms with van der Waals surface area (Å²) >= 11 is 0. The topological polar surface area (TPSA) is 44.8 Å². The van der Waals surface area contributed by atoms with Crippen LogP contribution in [0.4, 0.5) is 13.2 Å². The van der Waals surface area contributed by atoms with Crippen molar-refractivity contribution >= 4 is 5.97 Å². The minimum Gasteiger partial charge on any atom is -0.494 e. The van der Waals surface area contributed by atoms with E-state index in [1.54, 1.807) is 37.3 Å². The number of benzene rings is 2. The van der Waals surface area contributed by atoms with Crippen LogP contribution in [0.25, 0.3) is 0 Å². The van der Waals surface area contributed by atoms with E-state index in [9.17, 15) is 18.0 Å². The van der Waals surface area contributed by atoms with Crippen molar-refractivity contribution in [3.05, 3.63) is 65.7 Å². The molecule has 0 saturated heterocycles. The zero-order valence-corrected chi connectivity index (χ0v) is 15.9. The van der Waals surface area contributed by atoms with Gasteiger partial charge in [-0.15, -0.1) is 0 Å². The Morgan fingerprint density at radius 2 is 1.52 bits per heavy atom. The summed E-state index contributed by atoms with van der Waals surface area (Å²) in [4.78, 5) is 11.7. The molecule has 29 heavy (non-hydrogen) atoms. The second-order valence-electron chi connectivity index (χ2n) is 5.67. The van der Waals surface area contributed by atoms with Crippen molar-refractivity contribution in [3.8, 4) is 29.1 Å². The average Bonchev–Trinajstić information content (AvgIpc) is 2.68. The Bertz CT molecular complexity index is 935. The Balaban J connectivity index is 2.26. The van der Waals surface area contributed by atoms with Gasteiger partial charge in [0.1, 0.15) is 11.3 Å². The summed E-state index contributed by atoms with van der Waals surface area (Å²) < 4.78 is 53.5. The Morgan fingerprint density at radius 1 is 0.931 bits per heavy atom. The van der Waals surface area contributed by atoms with E-state index in [-0.39, 0.29) is 18.1 Å². The predicted molar refractivity (Wildman–Crippen MR) is 102 cm³/mol. The highest BCUT2D eigenvalue weighted by molar-refractivity contribution is 5.91. The third-order valence-corrected chi connectivity index (χ3v) is 3.55. The number of ether oxygens (including phenoxy) is 3. The van der Waals surface area contributed by atoms with Crippen LogP contribution in [0, 0.1) is 11.8 Å². The maximum atomic E-state index is 12.7. The van der Waals surface area contributed by atoms with Crippen LogP contribution < -0.4 is 14.2 Å². The molecule has 0 saturated carbocycles. The second-order valence-corrected chi connectivity index (χ2v) is 5.67. The van der Waals surface area contributed by atoms with E-state index in [0.29, 0.717) is 17.7 Å². The summed E-state index contributed by atoms with van der Waals surface area (Å²) in [6.07, 6.45) is -4.88. The van der Waals surface area contributed by atoms with Gasteiger partial charge in [-0.25, -0.2) is 4.79 Å². The molecule has 0 fully saturated rings. The van der Waals surface area contributed by atoms with Gasteiger partial charge in [0, 0.05) is 17.2 Å². The highest BCUT2D eigenvalue weighted by Crippen LogP contribution is 2.31. The standard InChI is InChI=1S/C22H19F3O4/c1-4-27-18-11-8-16(9-12-18)6-7-17-10-13-19(28-5-2)20(14-17)29-21(26)15(3)22(23,24)25/h8-14H,3-5H2,1-2H3. The minimum atomic E-state index is -4.88. The van der Waals surface area contributed by atoms with Crippen molar-refractivity contribution in [1.29, 1.82) is 0 Å². The molecule has 4 nitrogen and oxygen atoms in total. The molecule has 0 spiro atoms. The molecule has 2 aromatic carbocycles. The quantitative estimate of drug-likeness (QED) is 0.297. The first-order chi connectivity index (χ1) is 13.7. The molecule has 7 heteroatoms. The van der Waals surface area contributed by atoms with Crippen LogP contribution in [0.15, 0.2) is 54.6 Å². The van der Waals surface area contributed by atoms with E-state index < -0.39 is 17.7 Å². The molecule has 0 unspecified atom stereocenters. The summed E-state index contributed by atoms with van der Waals surface area (Å²) in [6, 6.07) is 11.5. The van der Waals surface area contributed by atoms with E-state index in [1.165, 1.54) is 12.1 Å². The van der Waals surface area contributed by atoms with Gasteiger partial charge in [0.05, 0.1) is 13.2 Å². The van der Waals surface area contributed by atoms with Crippen LogP contribution in [0.1, 0.15) is 25.0 Å². The lowest BCUT2D eigenvalue weighted by Gasteiger charge is -2.13. The smallest absolute Gasteiger partial charge is 0.422 e. The van der Waals surface area contributed by atoms with Crippen LogP contribution in [0.5, 0.6) is 17.2 Å². The Labute approximate surface area is 166 Å². The Kier molecular flexibility index (Phi) is 7.32. The fourth-order valence-electron chi connectivity index (χ4n) is 2.16. The van der Waals surface area contributed by atoms with E-state index in [2.05, 4.69) is 18.4 Å². The van der Waals surface area contributed by atoms with E-state index in [1.807, 2.05) is 6.92 Å². The van der Waals surface area contributed by atoms with Crippen molar-refractivity contribution in [2.24, 2.45) is 0 Å². The summed E-state index contributed by atoms with van der Waals surface area (Å²) in [5.41, 5.74) is -0.458. The molecule has 2 aromatic rings. The van der Waals surface area contributed by atoms with E-state index in [4.69, 9.17) is 14.2 Å². The molecule has 0 atom stereocenters. The van der Waals surface area contributed by atoms with Crippen molar-refractivity contribution in [1.82, 2.24) is 0 Å². The Hall–Kier alpha value is -3.40. The summed E-state index contributed by atoms with van der Waals surface area (Å²) in [7, 11) is 0. The van der Waals surface area contributed by atoms with Crippen molar-refractivity contribution in [3.63, 3.8) is 0 Å². The number of esters is 1. The molecule has 2 rings (SSSR count). The van der Waals surface area contributed by atoms with Crippen molar-refractivity contribution in [2.75, 3.05) is 13.2 Å². The summed E-state index contributed by atoms with van der Waals surface area (Å²) in [6.45, 7) is 7.11. The fraction of sp³-hybridized carbons (Fsp3) is 0.227. The first-order valence-electron chi connectivity index (χ1n) is 8.74. The van der Waals surface area contributed by atoms with Crippen LogP contribution in [0.3, 0.4) is 0 Å². The van der Waals surface area contributed by atoms with Crippen LogP contribution in [-0.2, 0) is 4.79 Å². The predicted octanol–water partition coefficient (Wildman–Crippen LogP) is 4.91. The third kappa shape index (κ3) is 6.32. The van der Waals surface area contributed by atoms with Gasteiger partial charge in [-0.2, -0.15) is 13.2 Å². The van der Waals surface area contributed by atoms with Crippen molar-refractivity contribution in [2.45, 2.75) is 20.0 Å². The van der Waals surface area contributed by atoms with Gasteiger partial charge < -0.3 is 14.2 Å². The van der Waals surface area contributed by atoms with Crippen LogP contribution in [-0.4, -0.2) is 25.4 Å². The maximum Gasteiger partial charge on any atom is 0.422 e. The molecule has 0 N–H and O–H groups in total. The number of hydrogen-bond acceptors (Lipinski definition) is 4. The minimum absolute atomic E-state index is 0.127. The first-order valence-corrected chi connectivity index (χ1v) is 8.74.